The Labute approximate surface area is 107 Å². The highest BCUT2D eigenvalue weighted by molar-refractivity contribution is 5.99. The lowest BCUT2D eigenvalue weighted by atomic mass is 10.0. The Morgan fingerprint density at radius 2 is 2.22 bits per heavy atom. The SMILES string of the molecule is COc1ccc(C(=O)CC2CCCO2)c(OC)c1. The highest BCUT2D eigenvalue weighted by atomic mass is 16.5. The predicted octanol–water partition coefficient (Wildman–Crippen LogP) is 2.46. The zero-order valence-corrected chi connectivity index (χ0v) is 10.8. The smallest absolute Gasteiger partial charge is 0.169 e. The number of benzene rings is 1. The maximum absolute atomic E-state index is 12.2. The van der Waals surface area contributed by atoms with Gasteiger partial charge in [-0.25, -0.2) is 0 Å². The molecule has 0 spiro atoms. The van der Waals surface area contributed by atoms with Crippen molar-refractivity contribution < 1.29 is 19.0 Å². The fourth-order valence-corrected chi connectivity index (χ4v) is 2.15. The van der Waals surface area contributed by atoms with Crippen LogP contribution in [0.15, 0.2) is 18.2 Å². The van der Waals surface area contributed by atoms with E-state index in [1.54, 1.807) is 32.4 Å². The van der Waals surface area contributed by atoms with Gasteiger partial charge in [-0.2, -0.15) is 0 Å². The molecule has 1 aromatic rings. The second-order valence-electron chi connectivity index (χ2n) is 4.33. The number of hydrogen-bond acceptors (Lipinski definition) is 4. The molecule has 1 aromatic carbocycles. The average Bonchev–Trinajstić information content (AvgIpc) is 2.90. The Bertz CT molecular complexity index is 422. The number of hydrogen-bond donors (Lipinski definition) is 0. The molecule has 4 nitrogen and oxygen atoms in total. The summed E-state index contributed by atoms with van der Waals surface area (Å²) in [7, 11) is 3.14. The van der Waals surface area contributed by atoms with Gasteiger partial charge in [0, 0.05) is 19.1 Å². The van der Waals surface area contributed by atoms with E-state index >= 15 is 0 Å². The zero-order chi connectivity index (χ0) is 13.0. The Morgan fingerprint density at radius 3 is 2.83 bits per heavy atom. The van der Waals surface area contributed by atoms with Crippen LogP contribution in [0.2, 0.25) is 0 Å². The van der Waals surface area contributed by atoms with Crippen molar-refractivity contribution in [2.45, 2.75) is 25.4 Å². The number of rotatable bonds is 5. The molecular formula is C14H18O4. The van der Waals surface area contributed by atoms with E-state index in [9.17, 15) is 4.79 Å². The summed E-state index contributed by atoms with van der Waals surface area (Å²) in [6.07, 6.45) is 2.48. The zero-order valence-electron chi connectivity index (χ0n) is 10.8. The van der Waals surface area contributed by atoms with Crippen LogP contribution in [0.1, 0.15) is 29.6 Å². The van der Waals surface area contributed by atoms with E-state index in [0.717, 1.165) is 19.4 Å². The van der Waals surface area contributed by atoms with Gasteiger partial charge in [0.25, 0.3) is 0 Å². The minimum Gasteiger partial charge on any atom is -0.497 e. The molecule has 18 heavy (non-hydrogen) atoms. The molecule has 0 aromatic heterocycles. The van der Waals surface area contributed by atoms with E-state index in [-0.39, 0.29) is 11.9 Å². The molecule has 0 N–H and O–H groups in total. The minimum atomic E-state index is 0.0569. The van der Waals surface area contributed by atoms with Gasteiger partial charge < -0.3 is 14.2 Å². The lowest BCUT2D eigenvalue weighted by Gasteiger charge is -2.12. The fourth-order valence-electron chi connectivity index (χ4n) is 2.15. The van der Waals surface area contributed by atoms with Crippen LogP contribution in [0, 0.1) is 0 Å². The minimum absolute atomic E-state index is 0.0569. The van der Waals surface area contributed by atoms with Gasteiger partial charge in [-0.3, -0.25) is 4.79 Å². The van der Waals surface area contributed by atoms with Crippen molar-refractivity contribution in [2.75, 3.05) is 20.8 Å². The molecule has 1 atom stereocenters. The molecule has 1 saturated heterocycles. The summed E-state index contributed by atoms with van der Waals surface area (Å²) in [5.41, 5.74) is 0.591. The maximum Gasteiger partial charge on any atom is 0.169 e. The van der Waals surface area contributed by atoms with E-state index in [1.807, 2.05) is 0 Å². The van der Waals surface area contributed by atoms with E-state index in [4.69, 9.17) is 14.2 Å². The second-order valence-corrected chi connectivity index (χ2v) is 4.33. The Hall–Kier alpha value is -1.55. The fraction of sp³-hybridized carbons (Fsp3) is 0.500. The third-order valence-corrected chi connectivity index (χ3v) is 3.15. The first-order valence-electron chi connectivity index (χ1n) is 6.11. The summed E-state index contributed by atoms with van der Waals surface area (Å²) < 4.78 is 15.8. The molecule has 0 amide bonds. The van der Waals surface area contributed by atoms with Gasteiger partial charge in [-0.05, 0) is 25.0 Å². The lowest BCUT2D eigenvalue weighted by molar-refractivity contribution is 0.0773. The molecule has 0 bridgehead atoms. The van der Waals surface area contributed by atoms with Gasteiger partial charge in [-0.1, -0.05) is 0 Å². The highest BCUT2D eigenvalue weighted by Gasteiger charge is 2.22. The lowest BCUT2D eigenvalue weighted by Crippen LogP contribution is -2.13. The van der Waals surface area contributed by atoms with Crippen LogP contribution in [0.25, 0.3) is 0 Å². The molecule has 98 valence electrons. The standard InChI is InChI=1S/C14H18O4/c1-16-10-5-6-12(14(9-10)17-2)13(15)8-11-4-3-7-18-11/h5-6,9,11H,3-4,7-8H2,1-2H3. The molecule has 0 saturated carbocycles. The van der Waals surface area contributed by atoms with Crippen LogP contribution >= 0.6 is 0 Å². The first-order valence-corrected chi connectivity index (χ1v) is 6.11. The molecule has 1 fully saturated rings. The summed E-state index contributed by atoms with van der Waals surface area (Å²) >= 11 is 0. The molecular weight excluding hydrogens is 232 g/mol. The van der Waals surface area contributed by atoms with Crippen LogP contribution in [0.3, 0.4) is 0 Å². The van der Waals surface area contributed by atoms with Crippen molar-refractivity contribution in [3.05, 3.63) is 23.8 Å². The normalized spacial score (nSPS) is 18.7. The van der Waals surface area contributed by atoms with Crippen molar-refractivity contribution in [3.8, 4) is 11.5 Å². The largest absolute Gasteiger partial charge is 0.497 e. The monoisotopic (exact) mass is 250 g/mol. The quantitative estimate of drug-likeness (QED) is 0.753. The van der Waals surface area contributed by atoms with Crippen molar-refractivity contribution in [2.24, 2.45) is 0 Å². The summed E-state index contributed by atoms with van der Waals surface area (Å²) in [5.74, 6) is 1.29. The first kappa shape index (κ1) is 12.9. The van der Waals surface area contributed by atoms with Crippen LogP contribution < -0.4 is 9.47 Å². The van der Waals surface area contributed by atoms with Crippen molar-refractivity contribution >= 4 is 5.78 Å². The van der Waals surface area contributed by atoms with E-state index in [2.05, 4.69) is 0 Å². The van der Waals surface area contributed by atoms with Gasteiger partial charge in [0.2, 0.25) is 0 Å². The Morgan fingerprint density at radius 1 is 1.39 bits per heavy atom. The molecule has 1 unspecified atom stereocenters. The molecule has 0 radical (unpaired) electrons. The number of ketones is 1. The number of carbonyl (C=O) groups excluding carboxylic acids is 1. The molecule has 0 aliphatic carbocycles. The molecule has 1 heterocycles. The van der Waals surface area contributed by atoms with Crippen LogP contribution in [-0.2, 0) is 4.74 Å². The Balaban J connectivity index is 2.13. The number of methoxy groups -OCH3 is 2. The summed E-state index contributed by atoms with van der Waals surface area (Å²) in [6, 6.07) is 5.24. The molecule has 4 heteroatoms. The highest BCUT2D eigenvalue weighted by Crippen LogP contribution is 2.27. The third kappa shape index (κ3) is 2.82. The predicted molar refractivity (Wildman–Crippen MR) is 67.5 cm³/mol. The van der Waals surface area contributed by atoms with E-state index in [1.165, 1.54) is 0 Å². The first-order chi connectivity index (χ1) is 8.74. The number of carbonyl (C=O) groups is 1. The summed E-state index contributed by atoms with van der Waals surface area (Å²) in [5, 5.41) is 0. The average molecular weight is 250 g/mol. The molecule has 1 aliphatic heterocycles. The Kier molecular flexibility index (Phi) is 4.20. The van der Waals surface area contributed by atoms with Gasteiger partial charge >= 0.3 is 0 Å². The van der Waals surface area contributed by atoms with E-state index < -0.39 is 0 Å². The van der Waals surface area contributed by atoms with Crippen LogP contribution in [0.4, 0.5) is 0 Å². The number of ether oxygens (including phenoxy) is 3. The van der Waals surface area contributed by atoms with Gasteiger partial charge in [0.1, 0.15) is 11.5 Å². The second kappa shape index (κ2) is 5.87. The molecule has 1 aliphatic rings. The number of Topliss-reactive ketones (excluding diaryl/α,β-unsaturated/α-hetero) is 1. The van der Waals surface area contributed by atoms with E-state index in [0.29, 0.717) is 23.5 Å². The van der Waals surface area contributed by atoms with Crippen molar-refractivity contribution in [3.63, 3.8) is 0 Å². The van der Waals surface area contributed by atoms with Crippen molar-refractivity contribution in [1.82, 2.24) is 0 Å². The maximum atomic E-state index is 12.2. The van der Waals surface area contributed by atoms with Crippen molar-refractivity contribution in [1.29, 1.82) is 0 Å². The summed E-state index contributed by atoms with van der Waals surface area (Å²) in [6.45, 7) is 0.762. The van der Waals surface area contributed by atoms with Gasteiger partial charge in [0.15, 0.2) is 5.78 Å². The topological polar surface area (TPSA) is 44.8 Å². The van der Waals surface area contributed by atoms with Gasteiger partial charge in [0.05, 0.1) is 25.9 Å². The van der Waals surface area contributed by atoms with Crippen LogP contribution in [0.5, 0.6) is 11.5 Å². The third-order valence-electron chi connectivity index (χ3n) is 3.15. The molecule has 2 rings (SSSR count). The summed E-state index contributed by atoms with van der Waals surface area (Å²) in [4.78, 5) is 12.2. The van der Waals surface area contributed by atoms with Crippen LogP contribution in [-0.4, -0.2) is 32.7 Å². The van der Waals surface area contributed by atoms with Gasteiger partial charge in [-0.15, -0.1) is 0 Å².